The molecular formula is C15H16. The van der Waals surface area contributed by atoms with Gasteiger partial charge < -0.3 is 0 Å². The molecule has 0 heteroatoms. The molecule has 0 atom stereocenters. The van der Waals surface area contributed by atoms with Crippen molar-refractivity contribution in [3.8, 4) is 0 Å². The van der Waals surface area contributed by atoms with Crippen LogP contribution < -0.4 is 0 Å². The third kappa shape index (κ3) is 2.10. The molecule has 0 nitrogen and oxygen atoms in total. The molecule has 0 bridgehead atoms. The van der Waals surface area contributed by atoms with Gasteiger partial charge in [0.15, 0.2) is 0 Å². The molecule has 1 aliphatic carbocycles. The summed E-state index contributed by atoms with van der Waals surface area (Å²) in [6, 6.07) is 8.70. The number of fused-ring (bicyclic) bond motifs is 1. The van der Waals surface area contributed by atoms with Crippen molar-refractivity contribution in [2.75, 3.05) is 0 Å². The van der Waals surface area contributed by atoms with Crippen molar-refractivity contribution >= 4 is 0 Å². The van der Waals surface area contributed by atoms with Crippen molar-refractivity contribution in [1.82, 2.24) is 0 Å². The summed E-state index contributed by atoms with van der Waals surface area (Å²) in [7, 11) is 0. The molecule has 76 valence electrons. The fourth-order valence-electron chi connectivity index (χ4n) is 2.04. The van der Waals surface area contributed by atoms with Gasteiger partial charge in [-0.25, -0.2) is 0 Å². The van der Waals surface area contributed by atoms with Crippen LogP contribution in [0, 0.1) is 0 Å². The highest BCUT2D eigenvalue weighted by atomic mass is 14.2. The van der Waals surface area contributed by atoms with E-state index < -0.39 is 0 Å². The van der Waals surface area contributed by atoms with E-state index in [1.165, 1.54) is 22.3 Å². The Balaban J connectivity index is 2.31. The summed E-state index contributed by atoms with van der Waals surface area (Å²) in [5, 5.41) is 0. The topological polar surface area (TPSA) is 0 Å². The van der Waals surface area contributed by atoms with Gasteiger partial charge in [-0.1, -0.05) is 54.6 Å². The van der Waals surface area contributed by atoms with Gasteiger partial charge in [0.1, 0.15) is 0 Å². The van der Waals surface area contributed by atoms with Crippen LogP contribution in [-0.4, -0.2) is 0 Å². The fraction of sp³-hybridized carbons (Fsp3) is 0.200. The van der Waals surface area contributed by atoms with Gasteiger partial charge in [-0.3, -0.25) is 0 Å². The molecule has 0 aliphatic heterocycles. The maximum Gasteiger partial charge on any atom is -0.00234 e. The summed E-state index contributed by atoms with van der Waals surface area (Å²) in [5.74, 6) is 0. The van der Waals surface area contributed by atoms with E-state index in [2.05, 4.69) is 43.8 Å². The van der Waals surface area contributed by atoms with Crippen LogP contribution in [0.1, 0.15) is 18.1 Å². The van der Waals surface area contributed by atoms with Gasteiger partial charge in [0.05, 0.1) is 0 Å². The molecule has 0 aromatic heterocycles. The minimum Gasteiger partial charge on any atom is -0.0991 e. The van der Waals surface area contributed by atoms with Crippen LogP contribution in [-0.2, 0) is 12.8 Å². The van der Waals surface area contributed by atoms with E-state index in [1.54, 1.807) is 0 Å². The highest BCUT2D eigenvalue weighted by Gasteiger charge is 2.12. The summed E-state index contributed by atoms with van der Waals surface area (Å²) < 4.78 is 0. The molecule has 0 unspecified atom stereocenters. The summed E-state index contributed by atoms with van der Waals surface area (Å²) >= 11 is 0. The van der Waals surface area contributed by atoms with Crippen LogP contribution in [0.3, 0.4) is 0 Å². The second-order valence-corrected chi connectivity index (χ2v) is 4.02. The number of rotatable bonds is 2. The lowest BCUT2D eigenvalue weighted by Crippen LogP contribution is -2.05. The predicted octanol–water partition coefficient (Wildman–Crippen LogP) is 3.84. The maximum atomic E-state index is 3.71. The maximum absolute atomic E-state index is 3.71. The number of hydrogen-bond acceptors (Lipinski definition) is 0. The Bertz CT molecular complexity index is 433. The lowest BCUT2D eigenvalue weighted by atomic mass is 9.86. The van der Waals surface area contributed by atoms with Crippen molar-refractivity contribution in [3.05, 3.63) is 71.3 Å². The van der Waals surface area contributed by atoms with E-state index in [-0.39, 0.29) is 0 Å². The lowest BCUT2D eigenvalue weighted by Gasteiger charge is -2.19. The number of hydrogen-bond donors (Lipinski definition) is 0. The average molecular weight is 196 g/mol. The zero-order valence-electron chi connectivity index (χ0n) is 9.16. The molecule has 1 aromatic rings. The summed E-state index contributed by atoms with van der Waals surface area (Å²) in [4.78, 5) is 0. The minimum atomic E-state index is 1.06. The van der Waals surface area contributed by atoms with E-state index in [4.69, 9.17) is 0 Å². The first-order chi connectivity index (χ1) is 7.31. The first-order valence-corrected chi connectivity index (χ1v) is 5.36. The first-order valence-electron chi connectivity index (χ1n) is 5.36. The second-order valence-electron chi connectivity index (χ2n) is 4.02. The smallest absolute Gasteiger partial charge is 0.00234 e. The van der Waals surface area contributed by atoms with Crippen LogP contribution in [0.25, 0.3) is 0 Å². The Morgan fingerprint density at radius 3 is 2.47 bits per heavy atom. The van der Waals surface area contributed by atoms with E-state index >= 15 is 0 Å². The molecule has 0 saturated carbocycles. The van der Waals surface area contributed by atoms with Gasteiger partial charge in [-0.15, -0.1) is 0 Å². The molecule has 0 radical (unpaired) electrons. The molecular weight excluding hydrogens is 180 g/mol. The molecule has 0 N–H and O–H groups in total. The Morgan fingerprint density at radius 2 is 1.80 bits per heavy atom. The summed E-state index contributed by atoms with van der Waals surface area (Å²) in [5.41, 5.74) is 5.86. The van der Waals surface area contributed by atoms with Crippen molar-refractivity contribution in [2.45, 2.75) is 19.8 Å². The highest BCUT2D eigenvalue weighted by Crippen LogP contribution is 2.26. The lowest BCUT2D eigenvalue weighted by molar-refractivity contribution is 0.978. The Labute approximate surface area is 91.6 Å². The number of allylic oxidation sites excluding steroid dienone is 5. The zero-order valence-corrected chi connectivity index (χ0v) is 9.16. The van der Waals surface area contributed by atoms with Gasteiger partial charge in [0.25, 0.3) is 0 Å². The quantitative estimate of drug-likeness (QED) is 0.630. The molecule has 0 heterocycles. The molecule has 15 heavy (non-hydrogen) atoms. The van der Waals surface area contributed by atoms with Crippen LogP contribution in [0.2, 0.25) is 0 Å². The van der Waals surface area contributed by atoms with E-state index in [9.17, 15) is 0 Å². The van der Waals surface area contributed by atoms with E-state index in [0.717, 1.165) is 12.8 Å². The number of benzene rings is 1. The van der Waals surface area contributed by atoms with Crippen molar-refractivity contribution in [2.24, 2.45) is 0 Å². The van der Waals surface area contributed by atoms with Gasteiger partial charge >= 0.3 is 0 Å². The average Bonchev–Trinajstić information content (AvgIpc) is 2.26. The van der Waals surface area contributed by atoms with Gasteiger partial charge in [0, 0.05) is 0 Å². The normalized spacial score (nSPS) is 15.5. The van der Waals surface area contributed by atoms with E-state index in [0.29, 0.717) is 0 Å². The van der Waals surface area contributed by atoms with Crippen LogP contribution >= 0.6 is 0 Å². The van der Waals surface area contributed by atoms with Crippen LogP contribution in [0.15, 0.2) is 60.2 Å². The summed E-state index contributed by atoms with van der Waals surface area (Å²) in [6.07, 6.45) is 8.19. The predicted molar refractivity (Wildman–Crippen MR) is 65.9 cm³/mol. The van der Waals surface area contributed by atoms with Crippen molar-refractivity contribution < 1.29 is 0 Å². The molecule has 0 fully saturated rings. The second kappa shape index (κ2) is 4.31. The van der Waals surface area contributed by atoms with Crippen LogP contribution in [0.4, 0.5) is 0 Å². The minimum absolute atomic E-state index is 1.06. The van der Waals surface area contributed by atoms with Crippen molar-refractivity contribution in [3.63, 3.8) is 0 Å². The Hall–Kier alpha value is -1.56. The summed E-state index contributed by atoms with van der Waals surface area (Å²) in [6.45, 7) is 5.93. The standard InChI is InChI=1S/C15H16/c1-3-4-7-13-11-15-9-6-5-8-14(15)10-12(13)2/h3-9H,1,10-11H2,2H3/b7-4-. The molecule has 1 aliphatic rings. The monoisotopic (exact) mass is 196 g/mol. The molecule has 0 spiro atoms. The molecule has 1 aromatic carbocycles. The third-order valence-electron chi connectivity index (χ3n) is 2.94. The largest absolute Gasteiger partial charge is 0.0991 e. The zero-order chi connectivity index (χ0) is 10.7. The van der Waals surface area contributed by atoms with Gasteiger partial charge in [0.2, 0.25) is 0 Å². The van der Waals surface area contributed by atoms with Crippen LogP contribution in [0.5, 0.6) is 0 Å². The van der Waals surface area contributed by atoms with Gasteiger partial charge in [-0.05, 0) is 36.5 Å². The molecule has 2 rings (SSSR count). The Morgan fingerprint density at radius 1 is 1.13 bits per heavy atom. The van der Waals surface area contributed by atoms with Crippen molar-refractivity contribution in [1.29, 1.82) is 0 Å². The fourth-order valence-corrected chi connectivity index (χ4v) is 2.04. The molecule has 0 amide bonds. The highest BCUT2D eigenvalue weighted by molar-refractivity contribution is 5.43. The van der Waals surface area contributed by atoms with E-state index in [1.807, 2.05) is 12.2 Å². The Kier molecular flexibility index (Phi) is 2.86. The van der Waals surface area contributed by atoms with Gasteiger partial charge in [-0.2, -0.15) is 0 Å². The molecule has 0 saturated heterocycles. The first kappa shape index (κ1) is 9.97. The third-order valence-corrected chi connectivity index (χ3v) is 2.94. The SMILES string of the molecule is C=C/C=C\C1=C(C)Cc2ccccc2C1.